The Kier molecular flexibility index (Phi) is 8.98. The van der Waals surface area contributed by atoms with Crippen LogP contribution in [0.5, 0.6) is 11.5 Å². The quantitative estimate of drug-likeness (QED) is 0.435. The van der Waals surface area contributed by atoms with Gasteiger partial charge in [-0.3, -0.25) is 9.59 Å². The van der Waals surface area contributed by atoms with Crippen LogP contribution in [-0.2, 0) is 16.0 Å². The van der Waals surface area contributed by atoms with Crippen molar-refractivity contribution in [3.63, 3.8) is 0 Å². The summed E-state index contributed by atoms with van der Waals surface area (Å²) in [6.45, 7) is 4.35. The Morgan fingerprint density at radius 2 is 1.79 bits per heavy atom. The highest BCUT2D eigenvalue weighted by Crippen LogP contribution is 2.28. The molecule has 3 rings (SSSR count). The molecular formula is C25H30N4O4S. The van der Waals surface area contributed by atoms with Crippen LogP contribution in [0.25, 0.3) is 10.6 Å². The summed E-state index contributed by atoms with van der Waals surface area (Å²) in [6, 6.07) is 15.0. The Hall–Kier alpha value is -3.46. The van der Waals surface area contributed by atoms with Gasteiger partial charge in [-0.1, -0.05) is 42.5 Å². The first-order valence-corrected chi connectivity index (χ1v) is 11.9. The molecule has 0 fully saturated rings. The summed E-state index contributed by atoms with van der Waals surface area (Å²) in [5, 5.41) is 12.1. The molecule has 9 heteroatoms. The second-order valence-corrected chi connectivity index (χ2v) is 8.79. The molecule has 2 amide bonds. The minimum absolute atomic E-state index is 0.0106. The van der Waals surface area contributed by atoms with Gasteiger partial charge in [0, 0.05) is 24.6 Å². The normalized spacial score (nSPS) is 11.5. The number of carbonyl (C=O) groups is 2. The maximum atomic E-state index is 13.0. The lowest BCUT2D eigenvalue weighted by atomic mass is 10.1. The van der Waals surface area contributed by atoms with Gasteiger partial charge in [0.1, 0.15) is 16.5 Å². The Morgan fingerprint density at radius 3 is 2.47 bits per heavy atom. The number of rotatable bonds is 11. The zero-order valence-corrected chi connectivity index (χ0v) is 20.7. The molecule has 0 aliphatic rings. The third kappa shape index (κ3) is 6.77. The lowest BCUT2D eigenvalue weighted by molar-refractivity contribution is -0.133. The van der Waals surface area contributed by atoms with E-state index in [4.69, 9.17) is 9.47 Å². The average Bonchev–Trinajstić information content (AvgIpc) is 3.32. The van der Waals surface area contributed by atoms with E-state index in [1.165, 1.54) is 11.3 Å². The van der Waals surface area contributed by atoms with E-state index in [-0.39, 0.29) is 30.7 Å². The number of hydrogen-bond donors (Lipinski definition) is 1. The van der Waals surface area contributed by atoms with E-state index in [9.17, 15) is 9.59 Å². The van der Waals surface area contributed by atoms with Gasteiger partial charge < -0.3 is 19.7 Å². The van der Waals surface area contributed by atoms with Gasteiger partial charge in [-0.2, -0.15) is 0 Å². The first kappa shape index (κ1) is 25.2. The largest absolute Gasteiger partial charge is 0.497 e. The summed E-state index contributed by atoms with van der Waals surface area (Å²) in [5.41, 5.74) is 1.77. The summed E-state index contributed by atoms with van der Waals surface area (Å²) in [6.07, 6.45) is 1.25. The van der Waals surface area contributed by atoms with Gasteiger partial charge in [-0.05, 0) is 43.2 Å². The molecule has 0 unspecified atom stereocenters. The van der Waals surface area contributed by atoms with Gasteiger partial charge in [0.25, 0.3) is 0 Å². The maximum Gasteiger partial charge on any atom is 0.227 e. The molecule has 8 nitrogen and oxygen atoms in total. The minimum atomic E-state index is -0.209. The molecule has 3 aromatic rings. The second-order valence-electron chi connectivity index (χ2n) is 7.81. The monoisotopic (exact) mass is 482 g/mol. The smallest absolute Gasteiger partial charge is 0.227 e. The van der Waals surface area contributed by atoms with E-state index in [0.717, 1.165) is 29.0 Å². The molecule has 180 valence electrons. The number of amides is 2. The Bertz CT molecular complexity index is 1100. The standard InChI is InChI=1S/C25H30N4O4S/c1-5-17(2)29(23(31)15-18-9-11-20(32-3)12-10-18)14-13-22(30)26-25-28-27-24(34-25)19-7-6-8-21(16-19)33-4/h6-12,16-17H,5,13-15H2,1-4H3,(H,26,28,30)/t17-/m1/s1. The van der Waals surface area contributed by atoms with Crippen molar-refractivity contribution in [2.45, 2.75) is 39.2 Å². The molecular weight excluding hydrogens is 452 g/mol. The Labute approximate surface area is 203 Å². The second kappa shape index (κ2) is 12.1. The van der Waals surface area contributed by atoms with Gasteiger partial charge >= 0.3 is 0 Å². The van der Waals surface area contributed by atoms with Gasteiger partial charge in [0.2, 0.25) is 16.9 Å². The number of nitrogens with one attached hydrogen (secondary N) is 1. The number of anilines is 1. The summed E-state index contributed by atoms with van der Waals surface area (Å²) >= 11 is 1.29. The topological polar surface area (TPSA) is 93.7 Å². The van der Waals surface area contributed by atoms with Crippen LogP contribution in [0.4, 0.5) is 5.13 Å². The highest BCUT2D eigenvalue weighted by molar-refractivity contribution is 7.18. The third-order valence-corrected chi connectivity index (χ3v) is 6.41. The summed E-state index contributed by atoms with van der Waals surface area (Å²) in [4.78, 5) is 27.3. The van der Waals surface area contributed by atoms with E-state index in [1.807, 2.05) is 62.4 Å². The van der Waals surface area contributed by atoms with E-state index in [1.54, 1.807) is 19.1 Å². The maximum absolute atomic E-state index is 13.0. The van der Waals surface area contributed by atoms with Crippen molar-refractivity contribution < 1.29 is 19.1 Å². The molecule has 1 aromatic heterocycles. The van der Waals surface area contributed by atoms with Crippen LogP contribution >= 0.6 is 11.3 Å². The molecule has 0 spiro atoms. The lowest BCUT2D eigenvalue weighted by Crippen LogP contribution is -2.41. The fraction of sp³-hybridized carbons (Fsp3) is 0.360. The van der Waals surface area contributed by atoms with Crippen LogP contribution in [0.1, 0.15) is 32.3 Å². The summed E-state index contributed by atoms with van der Waals surface area (Å²) in [5.74, 6) is 1.25. The molecule has 0 bridgehead atoms. The van der Waals surface area contributed by atoms with E-state index in [2.05, 4.69) is 15.5 Å². The van der Waals surface area contributed by atoms with E-state index < -0.39 is 0 Å². The van der Waals surface area contributed by atoms with Crippen molar-refractivity contribution in [2.24, 2.45) is 0 Å². The molecule has 1 N–H and O–H groups in total. The SMILES string of the molecule is CC[C@@H](C)N(CCC(=O)Nc1nnc(-c2cccc(OC)c2)s1)C(=O)Cc1ccc(OC)cc1. The van der Waals surface area contributed by atoms with E-state index >= 15 is 0 Å². The molecule has 1 heterocycles. The highest BCUT2D eigenvalue weighted by Gasteiger charge is 2.21. The molecule has 2 aromatic carbocycles. The van der Waals surface area contributed by atoms with Crippen molar-refractivity contribution in [2.75, 3.05) is 26.1 Å². The summed E-state index contributed by atoms with van der Waals surface area (Å²) < 4.78 is 10.4. The number of methoxy groups -OCH3 is 2. The predicted molar refractivity (Wildman–Crippen MR) is 133 cm³/mol. The van der Waals surface area contributed by atoms with Gasteiger partial charge in [0.05, 0.1) is 20.6 Å². The van der Waals surface area contributed by atoms with Crippen molar-refractivity contribution in [3.8, 4) is 22.1 Å². The molecule has 0 radical (unpaired) electrons. The number of carbonyl (C=O) groups excluding carboxylic acids is 2. The minimum Gasteiger partial charge on any atom is -0.497 e. The zero-order valence-electron chi connectivity index (χ0n) is 19.9. The van der Waals surface area contributed by atoms with Crippen molar-refractivity contribution in [1.29, 1.82) is 0 Å². The third-order valence-electron chi connectivity index (χ3n) is 5.53. The van der Waals surface area contributed by atoms with Crippen LogP contribution in [-0.4, -0.2) is 53.7 Å². The van der Waals surface area contributed by atoms with Crippen LogP contribution < -0.4 is 14.8 Å². The fourth-order valence-corrected chi connectivity index (χ4v) is 4.14. The average molecular weight is 483 g/mol. The molecule has 0 aliphatic carbocycles. The Morgan fingerprint density at radius 1 is 1.06 bits per heavy atom. The van der Waals surface area contributed by atoms with Crippen LogP contribution in [0, 0.1) is 0 Å². The van der Waals surface area contributed by atoms with Crippen molar-refractivity contribution >= 4 is 28.3 Å². The van der Waals surface area contributed by atoms with Gasteiger partial charge in [-0.25, -0.2) is 0 Å². The molecule has 0 aliphatic heterocycles. The Balaban J connectivity index is 1.58. The van der Waals surface area contributed by atoms with Crippen LogP contribution in [0.2, 0.25) is 0 Å². The van der Waals surface area contributed by atoms with Crippen molar-refractivity contribution in [3.05, 3.63) is 54.1 Å². The molecule has 0 saturated heterocycles. The number of benzene rings is 2. The number of nitrogens with zero attached hydrogens (tertiary/aromatic N) is 3. The highest BCUT2D eigenvalue weighted by atomic mass is 32.1. The lowest BCUT2D eigenvalue weighted by Gasteiger charge is -2.28. The van der Waals surface area contributed by atoms with Gasteiger partial charge in [-0.15, -0.1) is 10.2 Å². The number of aromatic nitrogens is 2. The number of ether oxygens (including phenoxy) is 2. The van der Waals surface area contributed by atoms with E-state index in [0.29, 0.717) is 16.7 Å². The van der Waals surface area contributed by atoms with Crippen LogP contribution in [0.3, 0.4) is 0 Å². The van der Waals surface area contributed by atoms with Gasteiger partial charge in [0.15, 0.2) is 0 Å². The van der Waals surface area contributed by atoms with Crippen LogP contribution in [0.15, 0.2) is 48.5 Å². The summed E-state index contributed by atoms with van der Waals surface area (Å²) in [7, 11) is 3.21. The zero-order chi connectivity index (χ0) is 24.5. The van der Waals surface area contributed by atoms with Crippen molar-refractivity contribution in [1.82, 2.24) is 15.1 Å². The molecule has 34 heavy (non-hydrogen) atoms. The number of hydrogen-bond acceptors (Lipinski definition) is 7. The fourth-order valence-electron chi connectivity index (χ4n) is 3.38. The first-order chi connectivity index (χ1) is 16.4. The molecule has 0 saturated carbocycles. The first-order valence-electron chi connectivity index (χ1n) is 11.1. The predicted octanol–water partition coefficient (Wildman–Crippen LogP) is 4.42. The molecule has 1 atom stereocenters.